The van der Waals surface area contributed by atoms with Gasteiger partial charge in [-0.1, -0.05) is 61.5 Å². The summed E-state index contributed by atoms with van der Waals surface area (Å²) in [6, 6.07) is 23.6. The lowest BCUT2D eigenvalue weighted by atomic mass is 10.0. The van der Waals surface area contributed by atoms with Crippen molar-refractivity contribution in [3.8, 4) is 5.75 Å². The number of ether oxygens (including phenoxy) is 1. The quantitative estimate of drug-likeness (QED) is 0.260. The number of benzene rings is 3. The summed E-state index contributed by atoms with van der Waals surface area (Å²) in [4.78, 5) is 37.1. The van der Waals surface area contributed by atoms with E-state index in [1.807, 2.05) is 66.7 Å². The van der Waals surface area contributed by atoms with Crippen molar-refractivity contribution in [1.29, 1.82) is 0 Å². The van der Waals surface area contributed by atoms with Crippen LogP contribution in [0.3, 0.4) is 0 Å². The summed E-state index contributed by atoms with van der Waals surface area (Å²) in [6.07, 6.45) is 1.18. The van der Waals surface area contributed by atoms with Crippen LogP contribution >= 0.6 is 0 Å². The van der Waals surface area contributed by atoms with Gasteiger partial charge in [0.2, 0.25) is 17.7 Å². The Kier molecular flexibility index (Phi) is 10.9. The Morgan fingerprint density at radius 2 is 1.55 bits per heavy atom. The fourth-order valence-corrected chi connectivity index (χ4v) is 3.78. The van der Waals surface area contributed by atoms with Crippen LogP contribution in [0.1, 0.15) is 36.5 Å². The van der Waals surface area contributed by atoms with E-state index in [9.17, 15) is 14.4 Å². The lowest BCUT2D eigenvalue weighted by Gasteiger charge is -2.19. The molecule has 0 bridgehead atoms. The molecule has 3 aromatic rings. The molecule has 0 radical (unpaired) electrons. The summed E-state index contributed by atoms with van der Waals surface area (Å²) in [5, 5.41) is 14.8. The Hall–Kier alpha value is -4.17. The molecule has 200 valence electrons. The zero-order valence-electron chi connectivity index (χ0n) is 21.6. The molecule has 3 rings (SSSR count). The summed E-state index contributed by atoms with van der Waals surface area (Å²) in [7, 11) is 0. The number of primary amides is 1. The van der Waals surface area contributed by atoms with E-state index in [-0.39, 0.29) is 31.3 Å². The third kappa shape index (κ3) is 9.37. The Balaban J connectivity index is 1.65. The summed E-state index contributed by atoms with van der Waals surface area (Å²) in [6.45, 7) is 2.16. The second-order valence-corrected chi connectivity index (χ2v) is 9.24. The van der Waals surface area contributed by atoms with Crippen LogP contribution in [0.15, 0.2) is 78.9 Å². The highest BCUT2D eigenvalue weighted by atomic mass is 16.5. The number of rotatable bonds is 14. The summed E-state index contributed by atoms with van der Waals surface area (Å²) < 4.78 is 5.84. The van der Waals surface area contributed by atoms with Crippen LogP contribution in [0.5, 0.6) is 5.75 Å². The van der Waals surface area contributed by atoms with E-state index in [1.165, 1.54) is 0 Å². The first kappa shape index (κ1) is 28.4. The molecule has 2 atom stereocenters. The fourth-order valence-electron chi connectivity index (χ4n) is 3.78. The van der Waals surface area contributed by atoms with E-state index in [4.69, 9.17) is 15.6 Å². The van der Waals surface area contributed by atoms with Crippen LogP contribution in [0.4, 0.5) is 5.69 Å². The van der Waals surface area contributed by atoms with Crippen molar-refractivity contribution in [2.24, 2.45) is 11.7 Å². The average molecular weight is 518 g/mol. The lowest BCUT2D eigenvalue weighted by molar-refractivity contribution is -0.127. The Morgan fingerprint density at radius 3 is 2.18 bits per heavy atom. The number of carbonyl (C=O) groups excluding carboxylic acids is 3. The molecule has 0 aliphatic rings. The molecule has 8 nitrogen and oxygen atoms in total. The van der Waals surface area contributed by atoms with Crippen LogP contribution in [-0.2, 0) is 33.8 Å². The molecular weight excluding hydrogens is 482 g/mol. The molecule has 0 fully saturated rings. The fraction of sp³-hybridized carbons (Fsp3) is 0.300. The second-order valence-electron chi connectivity index (χ2n) is 9.24. The van der Waals surface area contributed by atoms with Gasteiger partial charge in [-0.3, -0.25) is 14.4 Å². The van der Waals surface area contributed by atoms with Gasteiger partial charge in [-0.25, -0.2) is 0 Å². The number of hydrogen-bond acceptors (Lipinski definition) is 5. The van der Waals surface area contributed by atoms with Crippen molar-refractivity contribution in [2.45, 2.75) is 45.3 Å². The van der Waals surface area contributed by atoms with E-state index in [1.54, 1.807) is 19.1 Å². The maximum atomic E-state index is 13.2. The maximum absolute atomic E-state index is 13.2. The number of aliphatic hydroxyl groups is 1. The number of amides is 3. The van der Waals surface area contributed by atoms with Crippen LogP contribution in [0.2, 0.25) is 0 Å². The van der Waals surface area contributed by atoms with Gasteiger partial charge in [0, 0.05) is 31.1 Å². The van der Waals surface area contributed by atoms with Crippen LogP contribution in [-0.4, -0.2) is 35.5 Å². The zero-order valence-corrected chi connectivity index (χ0v) is 21.6. The monoisotopic (exact) mass is 517 g/mol. The first-order chi connectivity index (χ1) is 18.3. The minimum Gasteiger partial charge on any atom is -0.489 e. The standard InChI is InChI=1S/C30H35N3O5/c1-21(29(31)36)7-16-28(35)33-27(30(37)32-25-12-8-22(9-13-25)17-18-34)19-23-10-14-26(15-11-23)38-20-24-5-3-2-4-6-24/h2-6,8-15,21,27,34H,7,16-20H2,1H3,(H2,31,36)(H,32,37)(H,33,35). The van der Waals surface area contributed by atoms with Gasteiger partial charge < -0.3 is 26.2 Å². The minimum atomic E-state index is -0.834. The molecule has 2 unspecified atom stereocenters. The number of aliphatic hydroxyl groups excluding tert-OH is 1. The largest absolute Gasteiger partial charge is 0.489 e. The maximum Gasteiger partial charge on any atom is 0.247 e. The minimum absolute atomic E-state index is 0.0459. The van der Waals surface area contributed by atoms with Gasteiger partial charge in [0.25, 0.3) is 0 Å². The van der Waals surface area contributed by atoms with E-state index >= 15 is 0 Å². The molecule has 0 heterocycles. The van der Waals surface area contributed by atoms with Crippen molar-refractivity contribution in [1.82, 2.24) is 5.32 Å². The van der Waals surface area contributed by atoms with E-state index in [2.05, 4.69) is 10.6 Å². The average Bonchev–Trinajstić information content (AvgIpc) is 2.92. The van der Waals surface area contributed by atoms with Crippen molar-refractivity contribution in [3.63, 3.8) is 0 Å². The predicted octanol–water partition coefficient (Wildman–Crippen LogP) is 3.37. The number of anilines is 1. The lowest BCUT2D eigenvalue weighted by Crippen LogP contribution is -2.45. The Labute approximate surface area is 223 Å². The highest BCUT2D eigenvalue weighted by molar-refractivity contribution is 5.97. The molecule has 8 heteroatoms. The van der Waals surface area contributed by atoms with Crippen molar-refractivity contribution in [2.75, 3.05) is 11.9 Å². The van der Waals surface area contributed by atoms with Crippen molar-refractivity contribution >= 4 is 23.4 Å². The predicted molar refractivity (Wildman–Crippen MR) is 146 cm³/mol. The van der Waals surface area contributed by atoms with Gasteiger partial charge in [0.05, 0.1) is 0 Å². The van der Waals surface area contributed by atoms with Crippen LogP contribution in [0, 0.1) is 5.92 Å². The summed E-state index contributed by atoms with van der Waals surface area (Å²) in [5.74, 6) is -0.897. The molecule has 0 saturated heterocycles. The van der Waals surface area contributed by atoms with E-state index in [0.29, 0.717) is 30.9 Å². The molecule has 5 N–H and O–H groups in total. The van der Waals surface area contributed by atoms with Gasteiger partial charge >= 0.3 is 0 Å². The van der Waals surface area contributed by atoms with E-state index < -0.39 is 17.9 Å². The molecule has 38 heavy (non-hydrogen) atoms. The number of hydrogen-bond donors (Lipinski definition) is 4. The van der Waals surface area contributed by atoms with Crippen molar-refractivity contribution in [3.05, 3.63) is 95.6 Å². The Morgan fingerprint density at radius 1 is 0.895 bits per heavy atom. The Bertz CT molecular complexity index is 1180. The summed E-state index contributed by atoms with van der Waals surface area (Å²) in [5.41, 5.74) is 8.75. The van der Waals surface area contributed by atoms with E-state index in [0.717, 1.165) is 16.7 Å². The molecule has 3 amide bonds. The molecular formula is C30H35N3O5. The SMILES string of the molecule is CC(CCC(=O)NC(Cc1ccc(OCc2ccccc2)cc1)C(=O)Nc1ccc(CCO)cc1)C(N)=O. The smallest absolute Gasteiger partial charge is 0.247 e. The van der Waals surface area contributed by atoms with Gasteiger partial charge in [-0.15, -0.1) is 0 Å². The summed E-state index contributed by atoms with van der Waals surface area (Å²) >= 11 is 0. The molecule has 0 aliphatic carbocycles. The zero-order chi connectivity index (χ0) is 27.3. The van der Waals surface area contributed by atoms with Crippen LogP contribution < -0.4 is 21.1 Å². The number of nitrogens with one attached hydrogen (secondary N) is 2. The molecule has 0 aliphatic heterocycles. The first-order valence-electron chi connectivity index (χ1n) is 12.7. The van der Waals surface area contributed by atoms with Gasteiger partial charge in [-0.05, 0) is 53.8 Å². The van der Waals surface area contributed by atoms with Gasteiger partial charge in [0.15, 0.2) is 0 Å². The molecule has 0 spiro atoms. The normalized spacial score (nSPS) is 12.3. The molecule has 0 saturated carbocycles. The molecule has 3 aromatic carbocycles. The molecule has 0 aromatic heterocycles. The topological polar surface area (TPSA) is 131 Å². The second kappa shape index (κ2) is 14.5. The first-order valence-corrected chi connectivity index (χ1v) is 12.7. The number of carbonyl (C=O) groups is 3. The van der Waals surface area contributed by atoms with Gasteiger partial charge in [0.1, 0.15) is 18.4 Å². The van der Waals surface area contributed by atoms with Crippen molar-refractivity contribution < 1.29 is 24.2 Å². The highest BCUT2D eigenvalue weighted by Crippen LogP contribution is 2.17. The third-order valence-corrected chi connectivity index (χ3v) is 6.18. The third-order valence-electron chi connectivity index (χ3n) is 6.18. The highest BCUT2D eigenvalue weighted by Gasteiger charge is 2.22. The van der Waals surface area contributed by atoms with Crippen LogP contribution in [0.25, 0.3) is 0 Å². The van der Waals surface area contributed by atoms with Gasteiger partial charge in [-0.2, -0.15) is 0 Å². The number of nitrogens with two attached hydrogens (primary N) is 1.